The summed E-state index contributed by atoms with van der Waals surface area (Å²) in [6, 6.07) is 5.26. The van der Waals surface area contributed by atoms with Crippen LogP contribution in [0.25, 0.3) is 0 Å². The van der Waals surface area contributed by atoms with Gasteiger partial charge < -0.3 is 9.47 Å². The monoisotopic (exact) mass is 333 g/mol. The third-order valence-corrected chi connectivity index (χ3v) is 4.50. The Morgan fingerprint density at radius 2 is 2.10 bits per heavy atom. The van der Waals surface area contributed by atoms with Gasteiger partial charge in [-0.1, -0.05) is 23.7 Å². The summed E-state index contributed by atoms with van der Waals surface area (Å²) in [6.45, 7) is -0.197. The molecule has 0 unspecified atom stereocenters. The van der Waals surface area contributed by atoms with Gasteiger partial charge in [0.05, 0.1) is 11.6 Å². The zero-order valence-electron chi connectivity index (χ0n) is 11.2. The summed E-state index contributed by atoms with van der Waals surface area (Å²) in [6.07, 6.45) is 2.88. The molecule has 2 aliphatic rings. The van der Waals surface area contributed by atoms with E-state index in [9.17, 15) is 8.42 Å². The summed E-state index contributed by atoms with van der Waals surface area (Å²) >= 11 is 6.19. The second-order valence-electron chi connectivity index (χ2n) is 5.26. The average molecular weight is 334 g/mol. The van der Waals surface area contributed by atoms with Crippen LogP contribution in [0, 0.1) is 0 Å². The molecule has 0 amide bonds. The Balaban J connectivity index is 1.93. The highest BCUT2D eigenvalue weighted by atomic mass is 35.5. The molecule has 3 rings (SSSR count). The summed E-state index contributed by atoms with van der Waals surface area (Å²) in [4.78, 5) is 0. The van der Waals surface area contributed by atoms with Crippen molar-refractivity contribution in [3.63, 3.8) is 0 Å². The Hall–Kier alpha value is -0.860. The van der Waals surface area contributed by atoms with E-state index in [0.29, 0.717) is 16.3 Å². The Bertz CT molecular complexity index is 642. The summed E-state index contributed by atoms with van der Waals surface area (Å²) < 4.78 is 38.7. The fourth-order valence-electron chi connectivity index (χ4n) is 2.83. The highest BCUT2D eigenvalue weighted by Gasteiger charge is 2.45. The molecule has 2 N–H and O–H groups in total. The molecule has 6 nitrogen and oxygen atoms in total. The molecular formula is C13H16ClNO5S. The topological polar surface area (TPSA) is 87.9 Å². The quantitative estimate of drug-likeness (QED) is 0.916. The Kier molecular flexibility index (Phi) is 3.87. The molecule has 1 aliphatic carbocycles. The van der Waals surface area contributed by atoms with Crippen LogP contribution in [0.4, 0.5) is 0 Å². The summed E-state index contributed by atoms with van der Waals surface area (Å²) in [5, 5.41) is 5.36. The van der Waals surface area contributed by atoms with Gasteiger partial charge in [0.15, 0.2) is 0 Å². The Morgan fingerprint density at radius 1 is 1.38 bits per heavy atom. The Labute approximate surface area is 128 Å². The van der Waals surface area contributed by atoms with Crippen LogP contribution in [0.15, 0.2) is 18.2 Å². The number of hydrogen-bond acceptors (Lipinski definition) is 5. The lowest BCUT2D eigenvalue weighted by atomic mass is 10.0. The zero-order chi connectivity index (χ0) is 15.1. The zero-order valence-corrected chi connectivity index (χ0v) is 12.8. The lowest BCUT2D eigenvalue weighted by Gasteiger charge is -2.40. The molecule has 0 aromatic heterocycles. The van der Waals surface area contributed by atoms with E-state index in [1.165, 1.54) is 0 Å². The van der Waals surface area contributed by atoms with Gasteiger partial charge in [-0.15, -0.1) is 0 Å². The second kappa shape index (κ2) is 5.40. The second-order valence-corrected chi connectivity index (χ2v) is 6.89. The van der Waals surface area contributed by atoms with Crippen molar-refractivity contribution in [1.29, 1.82) is 0 Å². The van der Waals surface area contributed by atoms with Gasteiger partial charge in [-0.05, 0) is 18.9 Å². The van der Waals surface area contributed by atoms with Gasteiger partial charge >= 0.3 is 10.3 Å². The van der Waals surface area contributed by atoms with Crippen molar-refractivity contribution in [2.75, 3.05) is 6.61 Å². The first-order valence-corrected chi connectivity index (χ1v) is 8.56. The predicted octanol–water partition coefficient (Wildman–Crippen LogP) is 2.28. The molecule has 21 heavy (non-hydrogen) atoms. The highest BCUT2D eigenvalue weighted by Crippen LogP contribution is 2.48. The molecule has 0 saturated heterocycles. The van der Waals surface area contributed by atoms with E-state index in [-0.39, 0.29) is 6.61 Å². The number of para-hydroxylation sites is 1. The van der Waals surface area contributed by atoms with E-state index in [4.69, 9.17) is 30.4 Å². The maximum atomic E-state index is 11.0. The van der Waals surface area contributed by atoms with Gasteiger partial charge in [0.2, 0.25) is 5.79 Å². The van der Waals surface area contributed by atoms with Crippen LogP contribution >= 0.6 is 11.6 Å². The molecule has 1 aromatic rings. The number of fused-ring (bicyclic) bond motifs is 1. The van der Waals surface area contributed by atoms with Crippen LogP contribution in [0.2, 0.25) is 5.02 Å². The number of halogens is 1. The number of nitrogens with two attached hydrogens (primary N) is 1. The smallest absolute Gasteiger partial charge is 0.333 e. The maximum Gasteiger partial charge on any atom is 0.333 e. The molecular weight excluding hydrogens is 318 g/mol. The normalized spacial score (nSPS) is 23.8. The van der Waals surface area contributed by atoms with E-state index < -0.39 is 22.2 Å². The van der Waals surface area contributed by atoms with Crippen molar-refractivity contribution >= 4 is 21.9 Å². The number of ether oxygens (including phenoxy) is 2. The van der Waals surface area contributed by atoms with Gasteiger partial charge in [-0.2, -0.15) is 8.42 Å². The molecule has 0 bridgehead atoms. The molecule has 8 heteroatoms. The lowest BCUT2D eigenvalue weighted by Crippen LogP contribution is -2.42. The van der Waals surface area contributed by atoms with Crippen LogP contribution < -0.4 is 9.88 Å². The fourth-order valence-corrected chi connectivity index (χ4v) is 3.37. The number of hydrogen-bond donors (Lipinski definition) is 1. The van der Waals surface area contributed by atoms with Crippen molar-refractivity contribution in [3.05, 3.63) is 28.8 Å². The van der Waals surface area contributed by atoms with E-state index in [1.54, 1.807) is 18.2 Å². The van der Waals surface area contributed by atoms with Crippen LogP contribution in [0.1, 0.15) is 37.4 Å². The molecule has 1 spiro atoms. The van der Waals surface area contributed by atoms with Crippen molar-refractivity contribution in [2.45, 2.75) is 37.6 Å². The summed E-state index contributed by atoms with van der Waals surface area (Å²) in [5.74, 6) is -0.208. The lowest BCUT2D eigenvalue weighted by molar-refractivity contribution is -0.230. The molecule has 1 heterocycles. The molecule has 1 aromatic carbocycles. The first-order chi connectivity index (χ1) is 9.89. The molecule has 1 saturated carbocycles. The fraction of sp³-hybridized carbons (Fsp3) is 0.538. The van der Waals surface area contributed by atoms with E-state index in [0.717, 1.165) is 25.7 Å². The van der Waals surface area contributed by atoms with Crippen molar-refractivity contribution in [1.82, 2.24) is 0 Å². The van der Waals surface area contributed by atoms with E-state index >= 15 is 0 Å². The van der Waals surface area contributed by atoms with Gasteiger partial charge in [0.1, 0.15) is 11.9 Å². The third kappa shape index (κ3) is 3.17. The molecule has 1 atom stereocenters. The Morgan fingerprint density at radius 3 is 2.76 bits per heavy atom. The first-order valence-electron chi connectivity index (χ1n) is 6.71. The molecule has 1 fully saturated rings. The SMILES string of the molecule is NS(=O)(=O)OC[C@H]1OC2(CCCC2)Oc2c(Cl)cccc21. The summed E-state index contributed by atoms with van der Waals surface area (Å²) in [5.41, 5.74) is 0.670. The minimum atomic E-state index is -4.03. The minimum Gasteiger partial charge on any atom is -0.460 e. The van der Waals surface area contributed by atoms with Crippen molar-refractivity contribution < 1.29 is 22.1 Å². The van der Waals surface area contributed by atoms with Gasteiger partial charge in [-0.3, -0.25) is 4.18 Å². The minimum absolute atomic E-state index is 0.197. The highest BCUT2D eigenvalue weighted by molar-refractivity contribution is 7.84. The van der Waals surface area contributed by atoms with Crippen molar-refractivity contribution in [3.8, 4) is 5.75 Å². The molecule has 0 radical (unpaired) electrons. The number of rotatable bonds is 3. The summed E-state index contributed by atoms with van der Waals surface area (Å²) in [7, 11) is -4.03. The van der Waals surface area contributed by atoms with Crippen LogP contribution in [-0.4, -0.2) is 20.8 Å². The number of benzene rings is 1. The predicted molar refractivity (Wildman–Crippen MR) is 76.2 cm³/mol. The van der Waals surface area contributed by atoms with Crippen LogP contribution in [-0.2, 0) is 19.2 Å². The average Bonchev–Trinajstić information content (AvgIpc) is 2.85. The molecule has 116 valence electrons. The maximum absolute atomic E-state index is 11.0. The third-order valence-electron chi connectivity index (χ3n) is 3.74. The van der Waals surface area contributed by atoms with Crippen LogP contribution in [0.3, 0.4) is 0 Å². The van der Waals surface area contributed by atoms with Gasteiger partial charge in [0.25, 0.3) is 0 Å². The van der Waals surface area contributed by atoms with Gasteiger partial charge in [0, 0.05) is 18.4 Å². The standard InChI is InChI=1S/C13H16ClNO5S/c14-10-5-3-4-9-11(8-18-21(15,16)17)19-13(20-12(9)10)6-1-2-7-13/h3-5,11H,1-2,6-8H2,(H2,15,16,17)/t11-/m1/s1. The first kappa shape index (κ1) is 15.1. The van der Waals surface area contributed by atoms with Gasteiger partial charge in [-0.25, -0.2) is 5.14 Å². The van der Waals surface area contributed by atoms with E-state index in [2.05, 4.69) is 0 Å². The largest absolute Gasteiger partial charge is 0.460 e. The van der Waals surface area contributed by atoms with Crippen molar-refractivity contribution in [2.24, 2.45) is 5.14 Å². The molecule has 1 aliphatic heterocycles. The van der Waals surface area contributed by atoms with E-state index in [1.807, 2.05) is 0 Å². The van der Waals surface area contributed by atoms with Crippen LogP contribution in [0.5, 0.6) is 5.75 Å².